The summed E-state index contributed by atoms with van der Waals surface area (Å²) in [4.78, 5) is 25.1. The first kappa shape index (κ1) is 17.5. The van der Waals surface area contributed by atoms with Gasteiger partial charge in [0.05, 0.1) is 11.9 Å². The number of halogens is 2. The summed E-state index contributed by atoms with van der Waals surface area (Å²) in [7, 11) is 0. The van der Waals surface area contributed by atoms with Crippen LogP contribution in [-0.4, -0.2) is 53.3 Å². The fourth-order valence-electron chi connectivity index (χ4n) is 3.96. The van der Waals surface area contributed by atoms with Gasteiger partial charge in [-0.1, -0.05) is 18.2 Å². The lowest BCUT2D eigenvalue weighted by molar-refractivity contribution is -0.265. The molecule has 0 N–H and O–H groups in total. The van der Waals surface area contributed by atoms with E-state index in [1.807, 2.05) is 0 Å². The zero-order valence-corrected chi connectivity index (χ0v) is 14.8. The van der Waals surface area contributed by atoms with Crippen LogP contribution >= 0.6 is 11.8 Å². The minimum atomic E-state index is -3.77. The molecule has 140 valence electrons. The fraction of sp³-hybridized carbons (Fsp3) is 0.529. The molecule has 0 aliphatic carbocycles. The minimum absolute atomic E-state index is 0.136. The summed E-state index contributed by atoms with van der Waals surface area (Å²) < 4.78 is 51.1. The van der Waals surface area contributed by atoms with Crippen LogP contribution in [0.25, 0.3) is 0 Å². The van der Waals surface area contributed by atoms with E-state index in [0.717, 1.165) is 16.7 Å². The zero-order valence-electron chi connectivity index (χ0n) is 13.9. The first-order chi connectivity index (χ1) is 12.3. The van der Waals surface area contributed by atoms with Crippen LogP contribution < -0.4 is 0 Å². The Hall–Kier alpha value is -1.87. The monoisotopic (exact) mass is 386 g/mol. The maximum atomic E-state index is 15.3. The molecule has 5 atom stereocenters. The van der Waals surface area contributed by atoms with Crippen LogP contribution in [-0.2, 0) is 23.7 Å². The van der Waals surface area contributed by atoms with Gasteiger partial charge in [-0.05, 0) is 26.0 Å². The second kappa shape index (κ2) is 5.56. The summed E-state index contributed by atoms with van der Waals surface area (Å²) in [6.07, 6.45) is -4.08. The lowest BCUT2D eigenvalue weighted by Gasteiger charge is -2.50. The van der Waals surface area contributed by atoms with Crippen molar-refractivity contribution in [2.75, 3.05) is 6.61 Å². The van der Waals surface area contributed by atoms with Crippen molar-refractivity contribution in [3.63, 3.8) is 0 Å². The Morgan fingerprint density at radius 1 is 1.27 bits per heavy atom. The summed E-state index contributed by atoms with van der Waals surface area (Å²) in [6, 6.07) is 8.87. The molecule has 4 rings (SSSR count). The number of thioether (sulfide) groups is 1. The van der Waals surface area contributed by atoms with Gasteiger partial charge in [0.2, 0.25) is 0 Å². The lowest BCUT2D eigenvalue weighted by Crippen LogP contribution is -2.77. The molecule has 1 aromatic rings. The molecule has 0 unspecified atom stereocenters. The van der Waals surface area contributed by atoms with E-state index in [0.29, 0.717) is 0 Å². The van der Waals surface area contributed by atoms with Crippen LogP contribution in [0, 0.1) is 0 Å². The van der Waals surface area contributed by atoms with E-state index in [2.05, 4.69) is 0 Å². The van der Waals surface area contributed by atoms with Crippen molar-refractivity contribution < 1.29 is 37.3 Å². The summed E-state index contributed by atoms with van der Waals surface area (Å²) in [6.45, 7) is 2.65. The molecule has 3 aliphatic rings. The molecule has 0 amide bonds. The number of rotatable bonds is 4. The van der Waals surface area contributed by atoms with Gasteiger partial charge in [0.25, 0.3) is 0 Å². The van der Waals surface area contributed by atoms with Crippen LogP contribution in [0.4, 0.5) is 13.6 Å². The molecule has 3 heterocycles. The molecule has 26 heavy (non-hydrogen) atoms. The van der Waals surface area contributed by atoms with E-state index in [1.165, 1.54) is 13.8 Å². The topological polar surface area (TPSA) is 71.1 Å². The Kier molecular flexibility index (Phi) is 3.75. The van der Waals surface area contributed by atoms with Gasteiger partial charge in [0.15, 0.2) is 11.7 Å². The van der Waals surface area contributed by atoms with Gasteiger partial charge in [-0.25, -0.2) is 9.59 Å². The van der Waals surface area contributed by atoms with E-state index in [1.54, 1.807) is 30.3 Å². The van der Waals surface area contributed by atoms with E-state index < -0.39 is 46.7 Å². The molecule has 0 aromatic heterocycles. The van der Waals surface area contributed by atoms with Gasteiger partial charge in [-0.2, -0.15) is 8.78 Å². The van der Waals surface area contributed by atoms with Crippen molar-refractivity contribution in [2.24, 2.45) is 0 Å². The number of carbonyl (C=O) groups is 2. The second-order valence-corrected chi connectivity index (χ2v) is 7.71. The molecule has 3 aliphatic heterocycles. The van der Waals surface area contributed by atoms with Crippen molar-refractivity contribution >= 4 is 23.9 Å². The highest BCUT2D eigenvalue weighted by Gasteiger charge is 2.92. The molecule has 0 radical (unpaired) electrons. The van der Waals surface area contributed by atoms with E-state index in [9.17, 15) is 9.59 Å². The molecule has 3 saturated heterocycles. The first-order valence-electron chi connectivity index (χ1n) is 8.12. The summed E-state index contributed by atoms with van der Waals surface area (Å²) in [5.74, 6) is -5.09. The Bertz CT molecular complexity index is 759. The third-order valence-corrected chi connectivity index (χ3v) is 6.39. The largest absolute Gasteiger partial charge is 0.510 e. The van der Waals surface area contributed by atoms with E-state index in [4.69, 9.17) is 18.9 Å². The molecule has 0 spiro atoms. The molecule has 3 fully saturated rings. The highest BCUT2D eigenvalue weighted by molar-refractivity contribution is 8.00. The highest BCUT2D eigenvalue weighted by atomic mass is 32.2. The van der Waals surface area contributed by atoms with Gasteiger partial charge >= 0.3 is 23.6 Å². The van der Waals surface area contributed by atoms with Gasteiger partial charge in [-0.3, -0.25) is 0 Å². The van der Waals surface area contributed by atoms with Gasteiger partial charge in [-0.15, -0.1) is 11.8 Å². The molecule has 0 saturated carbocycles. The Morgan fingerprint density at radius 2 is 1.96 bits per heavy atom. The summed E-state index contributed by atoms with van der Waals surface area (Å²) >= 11 is 1.12. The van der Waals surface area contributed by atoms with Gasteiger partial charge < -0.3 is 18.9 Å². The van der Waals surface area contributed by atoms with Crippen LogP contribution in [0.1, 0.15) is 13.8 Å². The number of fused-ring (bicyclic) bond motifs is 1. The van der Waals surface area contributed by atoms with Gasteiger partial charge in [0, 0.05) is 4.90 Å². The first-order valence-corrected chi connectivity index (χ1v) is 9.00. The van der Waals surface area contributed by atoms with Gasteiger partial charge in [0.1, 0.15) is 6.10 Å². The maximum Gasteiger partial charge on any atom is 0.510 e. The standard InChI is InChI=1S/C17H16F2O6S/c1-3-22-13(20)16-15(2)11(23-14(21)25-16)10(12(24-15)17(16,18)19)26-9-7-5-4-6-8-9/h4-8,10-12H,3H2,1-2H3/t10-,11-,12-,15+,16-/m1/s1. The SMILES string of the molecule is CCOC(=O)[C@@]12OC(=O)O[C@@H]3[C@@H](Sc4ccccc4)[C@@H](O[C@@]31C)C2(F)F. The third-order valence-electron chi connectivity index (χ3n) is 5.08. The van der Waals surface area contributed by atoms with Crippen molar-refractivity contribution in [2.45, 2.75) is 53.3 Å². The normalized spacial score (nSPS) is 39.2. The average molecular weight is 386 g/mol. The van der Waals surface area contributed by atoms with Crippen molar-refractivity contribution in [3.8, 4) is 0 Å². The van der Waals surface area contributed by atoms with Crippen LogP contribution in [0.3, 0.4) is 0 Å². The van der Waals surface area contributed by atoms with Crippen LogP contribution in [0.2, 0.25) is 0 Å². The molecule has 9 heteroatoms. The van der Waals surface area contributed by atoms with E-state index >= 15 is 8.78 Å². The van der Waals surface area contributed by atoms with E-state index in [-0.39, 0.29) is 6.61 Å². The number of hydrogen-bond acceptors (Lipinski definition) is 7. The average Bonchev–Trinajstić information content (AvgIpc) is 2.98. The number of esters is 1. The molecule has 1 aromatic carbocycles. The number of carbonyl (C=O) groups excluding carboxylic acids is 2. The highest BCUT2D eigenvalue weighted by Crippen LogP contribution is 2.65. The predicted molar refractivity (Wildman–Crippen MR) is 85.0 cm³/mol. The number of benzene rings is 1. The Labute approximate surface area is 152 Å². The van der Waals surface area contributed by atoms with Crippen LogP contribution in [0.5, 0.6) is 0 Å². The number of alkyl halides is 2. The van der Waals surface area contributed by atoms with Crippen molar-refractivity contribution in [1.82, 2.24) is 0 Å². The third kappa shape index (κ3) is 1.95. The van der Waals surface area contributed by atoms with Crippen molar-refractivity contribution in [1.29, 1.82) is 0 Å². The number of hydrogen-bond donors (Lipinski definition) is 0. The summed E-state index contributed by atoms with van der Waals surface area (Å²) in [5.41, 5.74) is -4.71. The molecule has 2 bridgehead atoms. The lowest BCUT2D eigenvalue weighted by atomic mass is 9.70. The smallest absolute Gasteiger partial charge is 0.463 e. The minimum Gasteiger partial charge on any atom is -0.463 e. The summed E-state index contributed by atoms with van der Waals surface area (Å²) in [5, 5.41) is -0.896. The Balaban J connectivity index is 1.78. The molecule has 6 nitrogen and oxygen atoms in total. The quantitative estimate of drug-likeness (QED) is 0.737. The second-order valence-electron chi connectivity index (χ2n) is 6.46. The predicted octanol–water partition coefficient (Wildman–Crippen LogP) is 2.79. The number of ether oxygens (including phenoxy) is 4. The molecular formula is C17H16F2O6S. The van der Waals surface area contributed by atoms with Crippen LogP contribution in [0.15, 0.2) is 35.2 Å². The Morgan fingerprint density at radius 3 is 2.62 bits per heavy atom. The fourth-order valence-corrected chi connectivity index (χ4v) is 5.38. The van der Waals surface area contributed by atoms with Crippen molar-refractivity contribution in [3.05, 3.63) is 30.3 Å². The zero-order chi connectivity index (χ0) is 18.7. The maximum absolute atomic E-state index is 15.3. The molecular weight excluding hydrogens is 370 g/mol.